The molecule has 1 saturated heterocycles. The Bertz CT molecular complexity index is 881. The second-order valence-electron chi connectivity index (χ2n) is 6.03. The lowest BCUT2D eigenvalue weighted by Gasteiger charge is -2.09. The second-order valence-corrected chi connectivity index (χ2v) is 7.07. The van der Waals surface area contributed by atoms with Crippen molar-refractivity contribution in [1.29, 1.82) is 0 Å². The van der Waals surface area contributed by atoms with Gasteiger partial charge in [-0.3, -0.25) is 4.79 Å². The van der Waals surface area contributed by atoms with Gasteiger partial charge in [-0.05, 0) is 44.0 Å². The first-order chi connectivity index (χ1) is 11.2. The zero-order chi connectivity index (χ0) is 15.8. The van der Waals surface area contributed by atoms with Gasteiger partial charge in [0.25, 0.3) is 5.91 Å². The average molecular weight is 326 g/mol. The van der Waals surface area contributed by atoms with E-state index in [1.165, 1.54) is 16.9 Å². The van der Waals surface area contributed by atoms with Crippen LogP contribution in [0.3, 0.4) is 0 Å². The van der Waals surface area contributed by atoms with Gasteiger partial charge in [-0.25, -0.2) is 4.98 Å². The summed E-state index contributed by atoms with van der Waals surface area (Å²) < 4.78 is 5.54. The van der Waals surface area contributed by atoms with Crippen molar-refractivity contribution in [2.24, 2.45) is 0 Å². The van der Waals surface area contributed by atoms with Gasteiger partial charge in [0.15, 0.2) is 0 Å². The Morgan fingerprint density at radius 1 is 1.35 bits per heavy atom. The van der Waals surface area contributed by atoms with Crippen LogP contribution in [0, 0.1) is 6.92 Å². The zero-order valence-corrected chi connectivity index (χ0v) is 13.8. The summed E-state index contributed by atoms with van der Waals surface area (Å²) in [6, 6.07) is 10.2. The number of carbonyl (C=O) groups is 1. The Labute approximate surface area is 138 Å². The van der Waals surface area contributed by atoms with Crippen molar-refractivity contribution in [2.45, 2.75) is 25.9 Å². The Hall–Kier alpha value is -1.98. The quantitative estimate of drug-likeness (QED) is 0.799. The third kappa shape index (κ3) is 2.94. The van der Waals surface area contributed by atoms with Crippen LogP contribution in [-0.2, 0) is 4.74 Å². The first kappa shape index (κ1) is 14.6. The van der Waals surface area contributed by atoms with E-state index < -0.39 is 0 Å². The van der Waals surface area contributed by atoms with Crippen molar-refractivity contribution in [3.05, 3.63) is 40.8 Å². The van der Waals surface area contributed by atoms with Crippen LogP contribution in [0.5, 0.6) is 0 Å². The number of nitrogens with one attached hydrogen (secondary N) is 1. The number of aryl methyl sites for hydroxylation is 1. The van der Waals surface area contributed by atoms with E-state index in [1.54, 1.807) is 0 Å². The molecule has 1 aliphatic heterocycles. The summed E-state index contributed by atoms with van der Waals surface area (Å²) >= 11 is 1.44. The molecule has 2 aromatic heterocycles. The third-order valence-electron chi connectivity index (χ3n) is 4.19. The average Bonchev–Trinajstić information content (AvgIpc) is 3.19. The molecule has 4 nitrogen and oxygen atoms in total. The Morgan fingerprint density at radius 3 is 3.09 bits per heavy atom. The molecule has 1 N–H and O–H groups in total. The number of benzene rings is 1. The van der Waals surface area contributed by atoms with Crippen molar-refractivity contribution in [1.82, 2.24) is 10.3 Å². The standard InChI is InChI=1S/C18H18N2O2S/c1-11-4-5-15-12(7-11)8-13-9-16(23-18(13)20-15)17(21)19-10-14-3-2-6-22-14/h4-5,7-9,14H,2-3,6,10H2,1H3,(H,19,21)/t14-/m0/s1. The minimum atomic E-state index is -0.0382. The van der Waals surface area contributed by atoms with Crippen LogP contribution in [-0.4, -0.2) is 30.1 Å². The molecule has 0 aliphatic carbocycles. The van der Waals surface area contributed by atoms with Crippen molar-refractivity contribution >= 4 is 38.4 Å². The fourth-order valence-corrected chi connectivity index (χ4v) is 3.90. The van der Waals surface area contributed by atoms with Gasteiger partial charge in [0, 0.05) is 23.9 Å². The molecule has 1 fully saturated rings. The van der Waals surface area contributed by atoms with Crippen LogP contribution in [0.15, 0.2) is 30.3 Å². The number of pyridine rings is 1. The van der Waals surface area contributed by atoms with Gasteiger partial charge in [0.1, 0.15) is 4.83 Å². The minimum Gasteiger partial charge on any atom is -0.376 e. The molecule has 118 valence electrons. The number of carbonyl (C=O) groups excluding carboxylic acids is 1. The van der Waals surface area contributed by atoms with E-state index in [-0.39, 0.29) is 12.0 Å². The van der Waals surface area contributed by atoms with E-state index in [0.717, 1.165) is 40.6 Å². The lowest BCUT2D eigenvalue weighted by molar-refractivity contribution is 0.0861. The summed E-state index contributed by atoms with van der Waals surface area (Å²) in [5.41, 5.74) is 2.18. The van der Waals surface area contributed by atoms with Gasteiger partial charge < -0.3 is 10.1 Å². The molecule has 0 spiro atoms. The molecule has 1 atom stereocenters. The second kappa shape index (κ2) is 5.91. The molecule has 0 bridgehead atoms. The number of thiophene rings is 1. The van der Waals surface area contributed by atoms with Crippen LogP contribution >= 0.6 is 11.3 Å². The van der Waals surface area contributed by atoms with E-state index in [0.29, 0.717) is 11.4 Å². The number of amides is 1. The number of hydrogen-bond donors (Lipinski definition) is 1. The van der Waals surface area contributed by atoms with E-state index >= 15 is 0 Å². The molecule has 4 rings (SSSR count). The van der Waals surface area contributed by atoms with Gasteiger partial charge in [-0.15, -0.1) is 11.3 Å². The van der Waals surface area contributed by atoms with Crippen molar-refractivity contribution in [3.63, 3.8) is 0 Å². The molecule has 23 heavy (non-hydrogen) atoms. The molecule has 0 radical (unpaired) electrons. The lowest BCUT2D eigenvalue weighted by Crippen LogP contribution is -2.31. The predicted octanol–water partition coefficient (Wildman–Crippen LogP) is 3.67. The van der Waals surface area contributed by atoms with Gasteiger partial charge in [0.05, 0.1) is 16.5 Å². The van der Waals surface area contributed by atoms with Crippen LogP contribution < -0.4 is 5.32 Å². The summed E-state index contributed by atoms with van der Waals surface area (Å²) in [6.07, 6.45) is 2.27. The Kier molecular flexibility index (Phi) is 3.75. The first-order valence-electron chi connectivity index (χ1n) is 7.90. The predicted molar refractivity (Wildman–Crippen MR) is 93.2 cm³/mol. The van der Waals surface area contributed by atoms with Crippen LogP contribution in [0.4, 0.5) is 0 Å². The number of nitrogens with zero attached hydrogens (tertiary/aromatic N) is 1. The highest BCUT2D eigenvalue weighted by Gasteiger charge is 2.18. The number of hydrogen-bond acceptors (Lipinski definition) is 4. The summed E-state index contributed by atoms with van der Waals surface area (Å²) in [5.74, 6) is -0.0382. The van der Waals surface area contributed by atoms with Crippen molar-refractivity contribution < 1.29 is 9.53 Å². The summed E-state index contributed by atoms with van der Waals surface area (Å²) in [6.45, 7) is 3.46. The van der Waals surface area contributed by atoms with E-state index in [9.17, 15) is 4.79 Å². The number of rotatable bonds is 3. The highest BCUT2D eigenvalue weighted by molar-refractivity contribution is 7.20. The largest absolute Gasteiger partial charge is 0.376 e. The minimum absolute atomic E-state index is 0.0382. The highest BCUT2D eigenvalue weighted by Crippen LogP contribution is 2.28. The SMILES string of the molecule is Cc1ccc2nc3sc(C(=O)NC[C@@H]4CCCO4)cc3cc2c1. The maximum absolute atomic E-state index is 12.3. The molecular weight excluding hydrogens is 308 g/mol. The topological polar surface area (TPSA) is 51.2 Å². The van der Waals surface area contributed by atoms with Crippen molar-refractivity contribution in [2.75, 3.05) is 13.2 Å². The lowest BCUT2D eigenvalue weighted by atomic mass is 10.1. The molecule has 3 heterocycles. The highest BCUT2D eigenvalue weighted by atomic mass is 32.1. The van der Waals surface area contributed by atoms with Crippen LogP contribution in [0.2, 0.25) is 0 Å². The van der Waals surface area contributed by atoms with Crippen LogP contribution in [0.25, 0.3) is 21.1 Å². The molecule has 0 saturated carbocycles. The van der Waals surface area contributed by atoms with Crippen LogP contribution in [0.1, 0.15) is 28.1 Å². The summed E-state index contributed by atoms with van der Waals surface area (Å²) in [4.78, 5) is 18.6. The van der Waals surface area contributed by atoms with Crippen molar-refractivity contribution in [3.8, 4) is 0 Å². The van der Waals surface area contributed by atoms with E-state index in [1.807, 2.05) is 12.1 Å². The summed E-state index contributed by atoms with van der Waals surface area (Å²) in [5, 5.41) is 5.11. The fraction of sp³-hybridized carbons (Fsp3) is 0.333. The van der Waals surface area contributed by atoms with E-state index in [2.05, 4.69) is 35.4 Å². The normalized spacial score (nSPS) is 17.9. The monoisotopic (exact) mass is 326 g/mol. The Morgan fingerprint density at radius 2 is 2.26 bits per heavy atom. The molecular formula is C18H18N2O2S. The molecule has 3 aromatic rings. The van der Waals surface area contributed by atoms with Gasteiger partial charge in [-0.1, -0.05) is 11.6 Å². The molecule has 0 unspecified atom stereocenters. The smallest absolute Gasteiger partial charge is 0.261 e. The molecule has 1 amide bonds. The summed E-state index contributed by atoms with van der Waals surface area (Å²) in [7, 11) is 0. The van der Waals surface area contributed by atoms with Gasteiger partial charge in [0.2, 0.25) is 0 Å². The number of ether oxygens (including phenoxy) is 1. The maximum Gasteiger partial charge on any atom is 0.261 e. The fourth-order valence-electron chi connectivity index (χ4n) is 2.97. The Balaban J connectivity index is 1.59. The number of aromatic nitrogens is 1. The first-order valence-corrected chi connectivity index (χ1v) is 8.71. The van der Waals surface area contributed by atoms with Gasteiger partial charge in [-0.2, -0.15) is 0 Å². The maximum atomic E-state index is 12.3. The van der Waals surface area contributed by atoms with E-state index in [4.69, 9.17) is 4.74 Å². The zero-order valence-electron chi connectivity index (χ0n) is 13.0. The molecule has 5 heteroatoms. The van der Waals surface area contributed by atoms with Gasteiger partial charge >= 0.3 is 0 Å². The third-order valence-corrected chi connectivity index (χ3v) is 5.24. The molecule has 1 aromatic carbocycles. The molecule has 1 aliphatic rings. The number of fused-ring (bicyclic) bond motifs is 2.